The van der Waals surface area contributed by atoms with E-state index in [2.05, 4.69) is 11.6 Å². The topological polar surface area (TPSA) is 78.9 Å². The Morgan fingerprint density at radius 3 is 2.65 bits per heavy atom. The molecule has 1 heterocycles. The second kappa shape index (κ2) is 7.25. The van der Waals surface area contributed by atoms with Crippen molar-refractivity contribution in [1.29, 1.82) is 0 Å². The smallest absolute Gasteiger partial charge is 0.270 e. The quantitative estimate of drug-likeness (QED) is 0.611. The number of rotatable bonds is 4. The number of aliphatic hydroxyl groups excluding tert-OH is 1. The summed E-state index contributed by atoms with van der Waals surface area (Å²) < 4.78 is 14.0. The molecule has 0 aromatic carbocycles. The summed E-state index contributed by atoms with van der Waals surface area (Å²) in [4.78, 5) is 18.6. The number of hydrogen-bond donors (Lipinski definition) is 2. The molecule has 0 atom stereocenters. The van der Waals surface area contributed by atoms with Crippen LogP contribution in [0.15, 0.2) is 28.4 Å². The fourth-order valence-electron chi connectivity index (χ4n) is 2.99. The van der Waals surface area contributed by atoms with Crippen LogP contribution in [0.1, 0.15) is 39.0 Å². The van der Waals surface area contributed by atoms with Crippen LogP contribution in [0.25, 0.3) is 0 Å². The Balaban J connectivity index is 2.09. The first-order valence-electron chi connectivity index (χ1n) is 8.12. The Morgan fingerprint density at radius 1 is 1.43 bits per heavy atom. The number of nitrogens with two attached hydrogens (primary N) is 1. The van der Waals surface area contributed by atoms with Gasteiger partial charge in [-0.25, -0.2) is 4.39 Å². The average Bonchev–Trinajstić information content (AvgIpc) is 3.00. The number of hydrogen-bond acceptors (Lipinski definition) is 4. The van der Waals surface area contributed by atoms with Crippen LogP contribution < -0.4 is 5.73 Å². The van der Waals surface area contributed by atoms with E-state index in [0.717, 1.165) is 36.1 Å². The lowest BCUT2D eigenvalue weighted by molar-refractivity contribution is -0.130. The number of carbonyl (C=O) groups is 1. The van der Waals surface area contributed by atoms with Crippen molar-refractivity contribution in [2.75, 3.05) is 26.2 Å². The largest absolute Gasteiger partial charge is 0.394 e. The van der Waals surface area contributed by atoms with Crippen LogP contribution in [0.5, 0.6) is 0 Å². The van der Waals surface area contributed by atoms with Crippen molar-refractivity contribution in [3.8, 4) is 0 Å². The van der Waals surface area contributed by atoms with Gasteiger partial charge in [0.15, 0.2) is 0 Å². The summed E-state index contributed by atoms with van der Waals surface area (Å²) >= 11 is 0. The molecule has 0 aromatic heterocycles. The van der Waals surface area contributed by atoms with Crippen molar-refractivity contribution < 1.29 is 14.3 Å². The van der Waals surface area contributed by atoms with Gasteiger partial charge in [-0.15, -0.1) is 0 Å². The molecule has 23 heavy (non-hydrogen) atoms. The van der Waals surface area contributed by atoms with Crippen molar-refractivity contribution in [2.45, 2.75) is 44.7 Å². The highest BCUT2D eigenvalue weighted by atomic mass is 19.1. The third-order valence-corrected chi connectivity index (χ3v) is 4.51. The van der Waals surface area contributed by atoms with Crippen molar-refractivity contribution in [2.24, 2.45) is 10.7 Å². The van der Waals surface area contributed by atoms with E-state index in [4.69, 9.17) is 10.8 Å². The van der Waals surface area contributed by atoms with E-state index in [0.29, 0.717) is 6.54 Å². The van der Waals surface area contributed by atoms with Crippen LogP contribution in [0.2, 0.25) is 0 Å². The minimum Gasteiger partial charge on any atom is -0.394 e. The molecule has 1 amide bonds. The zero-order chi connectivity index (χ0) is 17.0. The van der Waals surface area contributed by atoms with E-state index >= 15 is 0 Å². The van der Waals surface area contributed by atoms with Crippen LogP contribution in [0.3, 0.4) is 0 Å². The predicted molar refractivity (Wildman–Crippen MR) is 88.9 cm³/mol. The molecular formula is C17H26FN3O2. The first-order chi connectivity index (χ1) is 10.9. The number of amides is 1. The molecule has 6 heteroatoms. The summed E-state index contributed by atoms with van der Waals surface area (Å²) in [6, 6.07) is 0. The van der Waals surface area contributed by atoms with Gasteiger partial charge in [0.2, 0.25) is 0 Å². The van der Waals surface area contributed by atoms with Crippen LogP contribution in [0.4, 0.5) is 4.39 Å². The lowest BCUT2D eigenvalue weighted by Gasteiger charge is -2.35. The molecule has 1 aliphatic heterocycles. The minimum absolute atomic E-state index is 0.147. The summed E-state index contributed by atoms with van der Waals surface area (Å²) in [7, 11) is 0. The molecule has 0 spiro atoms. The number of carbonyl (C=O) groups excluding carboxylic acids is 1. The molecule has 0 unspecified atom stereocenters. The number of allylic oxidation sites excluding steroid dienone is 1. The standard InChI is InChI=1S/C17H26FN3O2/c1-12(2)10-20-14-5-3-4-13(14)15(19)16(23)21-8-6-17(18,11-22)7-9-21/h22H,1,3-11,19H2,2H3/b15-13-,20-14?. The lowest BCUT2D eigenvalue weighted by atomic mass is 9.94. The van der Waals surface area contributed by atoms with E-state index in [1.54, 1.807) is 4.90 Å². The molecule has 5 nitrogen and oxygen atoms in total. The molecule has 3 N–H and O–H groups in total. The molecule has 0 radical (unpaired) electrons. The molecule has 2 aliphatic rings. The van der Waals surface area contributed by atoms with Crippen molar-refractivity contribution in [3.05, 3.63) is 23.4 Å². The van der Waals surface area contributed by atoms with Gasteiger partial charge in [0.1, 0.15) is 11.4 Å². The summed E-state index contributed by atoms with van der Waals surface area (Å²) in [6.07, 6.45) is 2.82. The first-order valence-corrected chi connectivity index (χ1v) is 8.12. The highest BCUT2D eigenvalue weighted by Gasteiger charge is 2.36. The minimum atomic E-state index is -1.57. The van der Waals surface area contributed by atoms with E-state index in [1.165, 1.54) is 0 Å². The maximum atomic E-state index is 14.0. The van der Waals surface area contributed by atoms with Gasteiger partial charge in [-0.3, -0.25) is 9.79 Å². The van der Waals surface area contributed by atoms with Crippen LogP contribution in [0, 0.1) is 0 Å². The number of halogens is 1. The van der Waals surface area contributed by atoms with Gasteiger partial charge in [0.05, 0.1) is 13.2 Å². The molecule has 1 saturated carbocycles. The third kappa shape index (κ3) is 4.19. The molecule has 2 fully saturated rings. The molecule has 1 saturated heterocycles. The number of nitrogens with zero attached hydrogens (tertiary/aromatic N) is 2. The Labute approximate surface area is 136 Å². The predicted octanol–water partition coefficient (Wildman–Crippen LogP) is 1.72. The second-order valence-electron chi connectivity index (χ2n) is 6.57. The maximum absolute atomic E-state index is 14.0. The van der Waals surface area contributed by atoms with Crippen LogP contribution in [-0.4, -0.2) is 53.5 Å². The molecular weight excluding hydrogens is 297 g/mol. The zero-order valence-corrected chi connectivity index (χ0v) is 13.8. The monoisotopic (exact) mass is 323 g/mol. The van der Waals surface area contributed by atoms with Gasteiger partial charge in [-0.1, -0.05) is 12.2 Å². The SMILES string of the molecule is C=C(C)CN=C1CCC/C1=C(/N)C(=O)N1CCC(F)(CO)CC1. The van der Waals surface area contributed by atoms with Crippen LogP contribution >= 0.6 is 0 Å². The van der Waals surface area contributed by atoms with Gasteiger partial charge in [0.25, 0.3) is 5.91 Å². The lowest BCUT2D eigenvalue weighted by Crippen LogP contribution is -2.47. The molecule has 128 valence electrons. The van der Waals surface area contributed by atoms with E-state index < -0.39 is 12.3 Å². The maximum Gasteiger partial charge on any atom is 0.270 e. The summed E-state index contributed by atoms with van der Waals surface area (Å²) in [5.41, 5.74) is 7.45. The van der Waals surface area contributed by atoms with E-state index in [1.807, 2.05) is 6.92 Å². The van der Waals surface area contributed by atoms with Crippen molar-refractivity contribution in [3.63, 3.8) is 0 Å². The third-order valence-electron chi connectivity index (χ3n) is 4.51. The number of likely N-dealkylation sites (tertiary alicyclic amines) is 1. The van der Waals surface area contributed by atoms with E-state index in [-0.39, 0.29) is 37.5 Å². The Bertz CT molecular complexity index is 546. The van der Waals surface area contributed by atoms with Gasteiger partial charge in [0, 0.05) is 37.2 Å². The number of piperidine rings is 1. The number of alkyl halides is 1. The molecule has 2 rings (SSSR count). The van der Waals surface area contributed by atoms with Crippen molar-refractivity contribution in [1.82, 2.24) is 4.90 Å². The summed E-state index contributed by atoms with van der Waals surface area (Å²) in [5.74, 6) is -0.245. The summed E-state index contributed by atoms with van der Waals surface area (Å²) in [5, 5.41) is 9.06. The van der Waals surface area contributed by atoms with Gasteiger partial charge in [-0.2, -0.15) is 0 Å². The Morgan fingerprint density at radius 2 is 2.09 bits per heavy atom. The van der Waals surface area contributed by atoms with E-state index in [9.17, 15) is 9.18 Å². The van der Waals surface area contributed by atoms with Gasteiger partial charge in [-0.05, 0) is 26.2 Å². The Hall–Kier alpha value is -1.69. The van der Waals surface area contributed by atoms with Crippen molar-refractivity contribution >= 4 is 11.6 Å². The fourth-order valence-corrected chi connectivity index (χ4v) is 2.99. The summed E-state index contributed by atoms with van der Waals surface area (Å²) in [6.45, 7) is 6.35. The fraction of sp³-hybridized carbons (Fsp3) is 0.647. The Kier molecular flexibility index (Phi) is 5.57. The normalized spacial score (nSPS) is 24.8. The zero-order valence-electron chi connectivity index (χ0n) is 13.8. The highest BCUT2D eigenvalue weighted by Crippen LogP contribution is 2.28. The molecule has 1 aliphatic carbocycles. The van der Waals surface area contributed by atoms with Gasteiger partial charge < -0.3 is 15.7 Å². The average molecular weight is 323 g/mol. The molecule has 0 aromatic rings. The van der Waals surface area contributed by atoms with Gasteiger partial charge >= 0.3 is 0 Å². The molecule has 0 bridgehead atoms. The highest BCUT2D eigenvalue weighted by molar-refractivity contribution is 6.09. The number of aliphatic imine (C=N–C) groups is 1. The second-order valence-corrected chi connectivity index (χ2v) is 6.57. The number of aliphatic hydroxyl groups is 1. The van der Waals surface area contributed by atoms with Crippen LogP contribution in [-0.2, 0) is 4.79 Å². The first kappa shape index (κ1) is 17.7.